The monoisotopic (exact) mass is 261 g/mol. The fourth-order valence-electron chi connectivity index (χ4n) is 1.56. The predicted octanol–water partition coefficient (Wildman–Crippen LogP) is 2.36. The predicted molar refractivity (Wildman–Crippen MR) is 74.7 cm³/mol. The number of hydrogen-bond acceptors (Lipinski definition) is 4. The van der Waals surface area contributed by atoms with E-state index >= 15 is 0 Å². The third kappa shape index (κ3) is 3.38. The highest BCUT2D eigenvalue weighted by Crippen LogP contribution is 2.24. The summed E-state index contributed by atoms with van der Waals surface area (Å²) in [5.41, 5.74) is 1.83. The molecular weight excluding hydrogens is 246 g/mol. The molecule has 2 aromatic rings. The van der Waals surface area contributed by atoms with Crippen LogP contribution in [0.5, 0.6) is 0 Å². The Bertz CT molecular complexity index is 511. The normalized spacial score (nSPS) is 10.3. The van der Waals surface area contributed by atoms with Crippen LogP contribution in [0.1, 0.15) is 6.42 Å². The smallest absolute Gasteiger partial charge is 0.225 e. The van der Waals surface area contributed by atoms with Gasteiger partial charge in [-0.05, 0) is 19.2 Å². The molecule has 0 bridgehead atoms. The molecule has 0 unspecified atom stereocenters. The van der Waals surface area contributed by atoms with Crippen molar-refractivity contribution in [2.75, 3.05) is 18.9 Å². The molecule has 0 atom stereocenters. The van der Waals surface area contributed by atoms with Gasteiger partial charge in [-0.25, -0.2) is 4.98 Å². The molecule has 1 amide bonds. The average Bonchev–Trinajstić information content (AvgIpc) is 2.90. The summed E-state index contributed by atoms with van der Waals surface area (Å²) < 4.78 is 0. The molecule has 0 saturated carbocycles. The van der Waals surface area contributed by atoms with Gasteiger partial charge >= 0.3 is 0 Å². The fraction of sp³-hybridized carbons (Fsp3) is 0.231. The molecule has 4 nitrogen and oxygen atoms in total. The third-order valence-electron chi connectivity index (χ3n) is 2.43. The quantitative estimate of drug-likeness (QED) is 0.868. The van der Waals surface area contributed by atoms with Crippen LogP contribution < -0.4 is 10.6 Å². The van der Waals surface area contributed by atoms with E-state index in [2.05, 4.69) is 15.6 Å². The molecule has 0 radical (unpaired) electrons. The molecule has 0 aliphatic carbocycles. The molecule has 2 rings (SSSR count). The van der Waals surface area contributed by atoms with Crippen molar-refractivity contribution in [3.63, 3.8) is 0 Å². The highest BCUT2D eigenvalue weighted by molar-refractivity contribution is 7.13. The highest BCUT2D eigenvalue weighted by atomic mass is 32.1. The van der Waals surface area contributed by atoms with Crippen molar-refractivity contribution in [2.24, 2.45) is 0 Å². The summed E-state index contributed by atoms with van der Waals surface area (Å²) in [6.07, 6.45) is 2.25. The third-order valence-corrected chi connectivity index (χ3v) is 3.25. The standard InChI is InChI=1S/C13H15N3OS/c1-14-6-5-12(17)16-11-4-2-3-10(9-11)13-15-7-8-18-13/h2-4,7-9,14H,5-6H2,1H3,(H,16,17). The van der Waals surface area contributed by atoms with Crippen LogP contribution in [0.3, 0.4) is 0 Å². The Balaban J connectivity index is 2.06. The summed E-state index contributed by atoms with van der Waals surface area (Å²) in [4.78, 5) is 15.9. The van der Waals surface area contributed by atoms with E-state index in [1.54, 1.807) is 17.5 Å². The van der Waals surface area contributed by atoms with Crippen molar-refractivity contribution < 1.29 is 4.79 Å². The lowest BCUT2D eigenvalue weighted by Crippen LogP contribution is -2.18. The van der Waals surface area contributed by atoms with Crippen LogP contribution in [0.4, 0.5) is 5.69 Å². The first-order chi connectivity index (χ1) is 8.79. The van der Waals surface area contributed by atoms with Crippen LogP contribution in [0.25, 0.3) is 10.6 Å². The second kappa shape index (κ2) is 6.28. The van der Waals surface area contributed by atoms with Crippen molar-refractivity contribution >= 4 is 22.9 Å². The van der Waals surface area contributed by atoms with Gasteiger partial charge in [0.05, 0.1) is 0 Å². The lowest BCUT2D eigenvalue weighted by Gasteiger charge is -2.06. The van der Waals surface area contributed by atoms with Gasteiger partial charge in [0, 0.05) is 35.8 Å². The van der Waals surface area contributed by atoms with Crippen molar-refractivity contribution in [3.05, 3.63) is 35.8 Å². The Labute approximate surface area is 110 Å². The van der Waals surface area contributed by atoms with E-state index in [4.69, 9.17) is 0 Å². The van der Waals surface area contributed by atoms with Crippen LogP contribution in [0.15, 0.2) is 35.8 Å². The van der Waals surface area contributed by atoms with Crippen LogP contribution in [0.2, 0.25) is 0 Å². The second-order valence-corrected chi connectivity index (χ2v) is 4.71. The van der Waals surface area contributed by atoms with E-state index in [1.807, 2.05) is 36.7 Å². The summed E-state index contributed by atoms with van der Waals surface area (Å²) >= 11 is 1.58. The van der Waals surface area contributed by atoms with Gasteiger partial charge in [-0.1, -0.05) is 12.1 Å². The molecule has 18 heavy (non-hydrogen) atoms. The molecule has 0 spiro atoms. The van der Waals surface area contributed by atoms with Gasteiger partial charge in [0.1, 0.15) is 5.01 Å². The summed E-state index contributed by atoms with van der Waals surface area (Å²) in [7, 11) is 1.83. The van der Waals surface area contributed by atoms with Gasteiger partial charge in [-0.2, -0.15) is 0 Å². The van der Waals surface area contributed by atoms with E-state index in [9.17, 15) is 4.79 Å². The number of rotatable bonds is 5. The molecule has 0 aliphatic heterocycles. The maximum Gasteiger partial charge on any atom is 0.225 e. The Hall–Kier alpha value is -1.72. The lowest BCUT2D eigenvalue weighted by atomic mass is 10.2. The Morgan fingerprint density at radius 2 is 2.33 bits per heavy atom. The molecule has 0 saturated heterocycles. The number of hydrogen-bond donors (Lipinski definition) is 2. The molecule has 1 heterocycles. The number of nitrogens with zero attached hydrogens (tertiary/aromatic N) is 1. The van der Waals surface area contributed by atoms with Crippen LogP contribution >= 0.6 is 11.3 Å². The number of thiazole rings is 1. The number of carbonyl (C=O) groups is 1. The zero-order chi connectivity index (χ0) is 12.8. The molecule has 94 valence electrons. The van der Waals surface area contributed by atoms with E-state index < -0.39 is 0 Å². The summed E-state index contributed by atoms with van der Waals surface area (Å²) in [5, 5.41) is 8.72. The van der Waals surface area contributed by atoms with E-state index in [0.717, 1.165) is 16.3 Å². The van der Waals surface area contributed by atoms with E-state index in [1.165, 1.54) is 0 Å². The minimum Gasteiger partial charge on any atom is -0.326 e. The second-order valence-electron chi connectivity index (χ2n) is 3.82. The van der Waals surface area contributed by atoms with E-state index in [-0.39, 0.29) is 5.91 Å². The average molecular weight is 261 g/mol. The molecule has 0 fully saturated rings. The van der Waals surface area contributed by atoms with Crippen molar-refractivity contribution in [2.45, 2.75) is 6.42 Å². The van der Waals surface area contributed by atoms with Crippen molar-refractivity contribution in [1.29, 1.82) is 0 Å². The summed E-state index contributed by atoms with van der Waals surface area (Å²) in [5.74, 6) is 0.0145. The number of benzene rings is 1. The first kappa shape index (κ1) is 12.7. The number of carbonyl (C=O) groups excluding carboxylic acids is 1. The van der Waals surface area contributed by atoms with Crippen molar-refractivity contribution in [1.82, 2.24) is 10.3 Å². The largest absolute Gasteiger partial charge is 0.326 e. The van der Waals surface area contributed by atoms with E-state index in [0.29, 0.717) is 13.0 Å². The molecule has 5 heteroatoms. The zero-order valence-corrected chi connectivity index (χ0v) is 11.0. The first-order valence-corrected chi connectivity index (χ1v) is 6.62. The maximum atomic E-state index is 11.6. The van der Waals surface area contributed by atoms with Crippen LogP contribution in [0, 0.1) is 0 Å². The van der Waals surface area contributed by atoms with Gasteiger partial charge in [0.15, 0.2) is 0 Å². The zero-order valence-electron chi connectivity index (χ0n) is 10.1. The maximum absolute atomic E-state index is 11.6. The Morgan fingerprint density at radius 3 is 3.06 bits per heavy atom. The highest BCUT2D eigenvalue weighted by Gasteiger charge is 2.04. The minimum absolute atomic E-state index is 0.0145. The van der Waals surface area contributed by atoms with Crippen LogP contribution in [-0.2, 0) is 4.79 Å². The number of aromatic nitrogens is 1. The first-order valence-electron chi connectivity index (χ1n) is 5.74. The van der Waals surface area contributed by atoms with Gasteiger partial charge in [-0.3, -0.25) is 4.79 Å². The Kier molecular flexibility index (Phi) is 4.44. The topological polar surface area (TPSA) is 54.0 Å². The number of amides is 1. The minimum atomic E-state index is 0.0145. The van der Waals surface area contributed by atoms with Gasteiger partial charge in [-0.15, -0.1) is 11.3 Å². The van der Waals surface area contributed by atoms with Crippen molar-refractivity contribution in [3.8, 4) is 10.6 Å². The summed E-state index contributed by atoms with van der Waals surface area (Å²) in [6, 6.07) is 7.73. The number of nitrogens with one attached hydrogen (secondary N) is 2. The SMILES string of the molecule is CNCCC(=O)Nc1cccc(-c2nccs2)c1. The molecule has 0 aliphatic rings. The lowest BCUT2D eigenvalue weighted by molar-refractivity contribution is -0.116. The Morgan fingerprint density at radius 1 is 1.44 bits per heavy atom. The molecule has 1 aromatic heterocycles. The van der Waals surface area contributed by atoms with Gasteiger partial charge in [0.25, 0.3) is 0 Å². The molecule has 2 N–H and O–H groups in total. The summed E-state index contributed by atoms with van der Waals surface area (Å²) in [6.45, 7) is 0.679. The van der Waals surface area contributed by atoms with Gasteiger partial charge in [0.2, 0.25) is 5.91 Å². The molecular formula is C13H15N3OS. The number of anilines is 1. The molecule has 1 aromatic carbocycles. The van der Waals surface area contributed by atoms with Gasteiger partial charge < -0.3 is 10.6 Å². The van der Waals surface area contributed by atoms with Crippen LogP contribution in [-0.4, -0.2) is 24.5 Å². The fourth-order valence-corrected chi connectivity index (χ4v) is 2.19.